The Morgan fingerprint density at radius 2 is 1.87 bits per heavy atom. The summed E-state index contributed by atoms with van der Waals surface area (Å²) in [5, 5.41) is 10.0. The molecule has 30 heavy (non-hydrogen) atoms. The molecule has 0 bridgehead atoms. The number of hydrogen-bond donors (Lipinski definition) is 1. The summed E-state index contributed by atoms with van der Waals surface area (Å²) < 4.78 is 6.20. The highest BCUT2D eigenvalue weighted by molar-refractivity contribution is 6.30. The molecule has 2 aromatic rings. The zero-order chi connectivity index (χ0) is 21.5. The molecule has 0 unspecified atom stereocenters. The number of aryl methyl sites for hydroxylation is 1. The van der Waals surface area contributed by atoms with Gasteiger partial charge in [0.05, 0.1) is 11.0 Å². The molecule has 2 aliphatic heterocycles. The molecular weight excluding hydrogens is 402 g/mol. The van der Waals surface area contributed by atoms with Crippen LogP contribution in [0, 0.1) is 12.3 Å². The molecular formula is C23H26ClN3O3. The molecule has 1 fully saturated rings. The first kappa shape index (κ1) is 20.7. The van der Waals surface area contributed by atoms with E-state index < -0.39 is 11.4 Å². The number of hydrogen-bond acceptors (Lipinski definition) is 5. The summed E-state index contributed by atoms with van der Waals surface area (Å²) in [5.41, 5.74) is 2.04. The van der Waals surface area contributed by atoms with Crippen LogP contribution < -0.4 is 4.74 Å². The van der Waals surface area contributed by atoms with Crippen LogP contribution in [0.1, 0.15) is 25.0 Å². The number of carbonyl (C=O) groups is 1. The van der Waals surface area contributed by atoms with Crippen LogP contribution in [0.2, 0.25) is 5.02 Å². The van der Waals surface area contributed by atoms with Gasteiger partial charge in [-0.3, -0.25) is 9.69 Å². The molecule has 1 saturated heterocycles. The van der Waals surface area contributed by atoms with Gasteiger partial charge < -0.3 is 14.7 Å². The van der Waals surface area contributed by atoms with Crippen LogP contribution in [0.3, 0.4) is 0 Å². The molecule has 2 aromatic carbocycles. The lowest BCUT2D eigenvalue weighted by atomic mass is 9.93. The number of aliphatic carboxylic acids is 1. The average molecular weight is 428 g/mol. The minimum Gasteiger partial charge on any atom is -0.481 e. The Kier molecular flexibility index (Phi) is 5.47. The van der Waals surface area contributed by atoms with Gasteiger partial charge in [0.1, 0.15) is 17.3 Å². The first-order valence-corrected chi connectivity index (χ1v) is 10.5. The maximum Gasteiger partial charge on any atom is 0.310 e. The molecule has 0 aromatic heterocycles. The van der Waals surface area contributed by atoms with E-state index >= 15 is 0 Å². The van der Waals surface area contributed by atoms with Crippen molar-refractivity contribution in [2.45, 2.75) is 20.8 Å². The molecule has 0 atom stereocenters. The summed E-state index contributed by atoms with van der Waals surface area (Å²) in [6, 6.07) is 11.6. The fourth-order valence-electron chi connectivity index (χ4n) is 3.84. The van der Waals surface area contributed by atoms with E-state index in [1.807, 2.05) is 25.1 Å². The number of benzene rings is 2. The first-order chi connectivity index (χ1) is 14.2. The van der Waals surface area contributed by atoms with Crippen molar-refractivity contribution in [1.82, 2.24) is 9.80 Å². The van der Waals surface area contributed by atoms with Crippen molar-refractivity contribution < 1.29 is 14.6 Å². The van der Waals surface area contributed by atoms with Crippen LogP contribution in [0.25, 0.3) is 0 Å². The number of rotatable bonds is 3. The molecule has 2 heterocycles. The molecule has 7 heteroatoms. The fraction of sp³-hybridized carbons (Fsp3) is 0.391. The van der Waals surface area contributed by atoms with Crippen molar-refractivity contribution in [3.8, 4) is 11.5 Å². The zero-order valence-corrected chi connectivity index (χ0v) is 18.2. The van der Waals surface area contributed by atoms with E-state index in [9.17, 15) is 9.90 Å². The molecule has 0 spiro atoms. The van der Waals surface area contributed by atoms with E-state index in [1.165, 1.54) is 0 Å². The van der Waals surface area contributed by atoms with Gasteiger partial charge in [-0.2, -0.15) is 0 Å². The smallest absolute Gasteiger partial charge is 0.310 e. The lowest BCUT2D eigenvalue weighted by Gasteiger charge is -2.39. The summed E-state index contributed by atoms with van der Waals surface area (Å²) in [4.78, 5) is 20.9. The summed E-state index contributed by atoms with van der Waals surface area (Å²) in [6.07, 6.45) is 0. The van der Waals surface area contributed by atoms with Crippen molar-refractivity contribution in [2.75, 3.05) is 32.7 Å². The third-order valence-electron chi connectivity index (χ3n) is 5.62. The molecule has 1 N–H and O–H groups in total. The monoisotopic (exact) mass is 427 g/mol. The average Bonchev–Trinajstić information content (AvgIpc) is 2.84. The molecule has 2 aliphatic rings. The minimum atomic E-state index is -0.769. The van der Waals surface area contributed by atoms with Gasteiger partial charge in [0.25, 0.3) is 0 Å². The van der Waals surface area contributed by atoms with E-state index in [2.05, 4.69) is 21.9 Å². The van der Waals surface area contributed by atoms with Crippen molar-refractivity contribution in [3.05, 3.63) is 52.5 Å². The number of amidine groups is 1. The standard InChI is InChI=1S/C23H26ClN3O3/c1-15-4-6-17-19(12-15)30-20-13-16(24)5-7-18(20)25-21(17)27-10-8-26(9-11-27)14-23(2,3)22(28)29/h4-7,12-13H,8-11,14H2,1-3H3,(H,28,29). The third kappa shape index (κ3) is 4.16. The van der Waals surface area contributed by atoms with E-state index in [-0.39, 0.29) is 0 Å². The maximum absolute atomic E-state index is 11.5. The Hall–Kier alpha value is -2.57. The minimum absolute atomic E-state index is 0.531. The third-order valence-corrected chi connectivity index (χ3v) is 5.85. The maximum atomic E-state index is 11.5. The lowest BCUT2D eigenvalue weighted by Crippen LogP contribution is -2.52. The highest BCUT2D eigenvalue weighted by Gasteiger charge is 2.32. The van der Waals surface area contributed by atoms with Gasteiger partial charge in [-0.1, -0.05) is 17.7 Å². The van der Waals surface area contributed by atoms with Crippen LogP contribution >= 0.6 is 11.6 Å². The fourth-order valence-corrected chi connectivity index (χ4v) is 4.00. The van der Waals surface area contributed by atoms with Gasteiger partial charge in [-0.25, -0.2) is 4.99 Å². The Bertz CT molecular complexity index is 1010. The number of fused-ring (bicyclic) bond motifs is 2. The summed E-state index contributed by atoms with van der Waals surface area (Å²) >= 11 is 6.18. The van der Waals surface area contributed by atoms with Gasteiger partial charge in [0.15, 0.2) is 5.75 Å². The van der Waals surface area contributed by atoms with Gasteiger partial charge in [0, 0.05) is 43.8 Å². The summed E-state index contributed by atoms with van der Waals surface area (Å²) in [6.45, 7) is 9.21. The molecule has 158 valence electrons. The second kappa shape index (κ2) is 7.93. The molecule has 6 nitrogen and oxygen atoms in total. The number of piperazine rings is 1. The molecule has 0 radical (unpaired) electrons. The SMILES string of the molecule is Cc1ccc2c(c1)Oc1cc(Cl)ccc1N=C2N1CCN(CC(C)(C)C(=O)O)CC1. The first-order valence-electron chi connectivity index (χ1n) is 10.1. The van der Waals surface area contributed by atoms with E-state index in [1.54, 1.807) is 19.9 Å². The number of carboxylic acid groups (broad SMARTS) is 1. The highest BCUT2D eigenvalue weighted by Crippen LogP contribution is 2.40. The van der Waals surface area contributed by atoms with E-state index in [4.69, 9.17) is 21.3 Å². The van der Waals surface area contributed by atoms with Gasteiger partial charge in [-0.15, -0.1) is 0 Å². The second-order valence-electron chi connectivity index (χ2n) is 8.60. The van der Waals surface area contributed by atoms with Gasteiger partial charge in [0.2, 0.25) is 0 Å². The van der Waals surface area contributed by atoms with Crippen LogP contribution in [-0.2, 0) is 4.79 Å². The van der Waals surface area contributed by atoms with Gasteiger partial charge in [-0.05, 0) is 50.6 Å². The Morgan fingerprint density at radius 1 is 1.13 bits per heavy atom. The Labute approximate surface area is 181 Å². The molecule has 0 amide bonds. The number of nitrogens with zero attached hydrogens (tertiary/aromatic N) is 3. The topological polar surface area (TPSA) is 65.4 Å². The quantitative estimate of drug-likeness (QED) is 0.777. The predicted octanol–water partition coefficient (Wildman–Crippen LogP) is 4.56. The van der Waals surface area contributed by atoms with Crippen LogP contribution in [0.15, 0.2) is 41.4 Å². The Balaban J connectivity index is 1.62. The number of ether oxygens (including phenoxy) is 1. The summed E-state index contributed by atoms with van der Waals surface area (Å²) in [5.74, 6) is 1.52. The van der Waals surface area contributed by atoms with Crippen LogP contribution in [0.4, 0.5) is 5.69 Å². The molecule has 4 rings (SSSR count). The molecule has 0 aliphatic carbocycles. The van der Waals surface area contributed by atoms with Crippen LogP contribution in [0.5, 0.6) is 11.5 Å². The van der Waals surface area contributed by atoms with Gasteiger partial charge >= 0.3 is 5.97 Å². The number of aliphatic imine (C=N–C) groups is 1. The van der Waals surface area contributed by atoms with Crippen molar-refractivity contribution in [1.29, 1.82) is 0 Å². The van der Waals surface area contributed by atoms with E-state index in [0.717, 1.165) is 54.6 Å². The van der Waals surface area contributed by atoms with Crippen LogP contribution in [-0.4, -0.2) is 59.4 Å². The van der Waals surface area contributed by atoms with Crippen molar-refractivity contribution >= 4 is 29.1 Å². The normalized spacial score (nSPS) is 16.8. The summed E-state index contributed by atoms with van der Waals surface area (Å²) in [7, 11) is 0. The van der Waals surface area contributed by atoms with Crippen molar-refractivity contribution in [3.63, 3.8) is 0 Å². The largest absolute Gasteiger partial charge is 0.481 e. The Morgan fingerprint density at radius 3 is 2.57 bits per heavy atom. The lowest BCUT2D eigenvalue weighted by molar-refractivity contribution is -0.148. The number of carboxylic acids is 1. The zero-order valence-electron chi connectivity index (χ0n) is 17.5. The number of halogens is 1. The molecule has 0 saturated carbocycles. The van der Waals surface area contributed by atoms with E-state index in [0.29, 0.717) is 17.3 Å². The van der Waals surface area contributed by atoms with Crippen molar-refractivity contribution in [2.24, 2.45) is 10.4 Å². The second-order valence-corrected chi connectivity index (χ2v) is 9.04. The highest BCUT2D eigenvalue weighted by atomic mass is 35.5. The predicted molar refractivity (Wildman–Crippen MR) is 118 cm³/mol.